The molecule has 1 aliphatic carbocycles. The fourth-order valence-electron chi connectivity index (χ4n) is 7.08. The summed E-state index contributed by atoms with van der Waals surface area (Å²) in [5.41, 5.74) is 10.7. The number of fused-ring (bicyclic) bond motifs is 12. The summed E-state index contributed by atoms with van der Waals surface area (Å²) < 4.78 is 11.3. The standard InChI is InChI=1S/C36H21N2OS/c1-5-14-31-22(8-1)26-20-21(16-19-32(26)39-31)37-27-11-3-4-12-28(27)38-29-18-17-24-23-9-2-6-15-33(23)40-36(24)34(29)25-10-7-13-30(37)35(25)38/h1-20,35H/q+1. The Morgan fingerprint density at radius 2 is 1.52 bits per heavy atom. The molecule has 0 saturated heterocycles. The van der Waals surface area contributed by atoms with Crippen LogP contribution in [0.4, 0.5) is 22.7 Å². The molecule has 7 aromatic rings. The van der Waals surface area contributed by atoms with Gasteiger partial charge in [-0.3, -0.25) is 0 Å². The van der Waals surface area contributed by atoms with Gasteiger partial charge in [0.1, 0.15) is 22.9 Å². The Hall–Kier alpha value is -4.93. The van der Waals surface area contributed by atoms with Gasteiger partial charge in [-0.2, -0.15) is 4.58 Å². The number of hydrogen-bond donors (Lipinski definition) is 0. The molecule has 4 heteroatoms. The topological polar surface area (TPSA) is 19.4 Å². The lowest BCUT2D eigenvalue weighted by atomic mass is 9.91. The first kappa shape index (κ1) is 21.0. The third kappa shape index (κ3) is 2.52. The third-order valence-corrected chi connectivity index (χ3v) is 9.91. The van der Waals surface area contributed by atoms with Crippen LogP contribution >= 0.6 is 11.3 Å². The van der Waals surface area contributed by atoms with E-state index >= 15 is 0 Å². The summed E-state index contributed by atoms with van der Waals surface area (Å²) in [7, 11) is 0. The molecule has 0 spiro atoms. The molecule has 3 aliphatic rings. The lowest BCUT2D eigenvalue weighted by Crippen LogP contribution is -2.43. The van der Waals surface area contributed by atoms with Crippen LogP contribution in [-0.4, -0.2) is 11.8 Å². The molecule has 2 aromatic heterocycles. The Balaban J connectivity index is 1.28. The summed E-state index contributed by atoms with van der Waals surface area (Å²) >= 11 is 1.91. The van der Waals surface area contributed by atoms with Crippen molar-refractivity contribution in [3.8, 4) is 0 Å². The van der Waals surface area contributed by atoms with E-state index in [1.54, 1.807) is 0 Å². The monoisotopic (exact) mass is 529 g/mol. The van der Waals surface area contributed by atoms with Gasteiger partial charge >= 0.3 is 0 Å². The number of nitrogens with zero attached hydrogens (tertiary/aromatic N) is 2. The second kappa shape index (κ2) is 7.38. The van der Waals surface area contributed by atoms with E-state index in [0.29, 0.717) is 0 Å². The van der Waals surface area contributed by atoms with Gasteiger partial charge in [-0.1, -0.05) is 66.7 Å². The molecule has 3 nitrogen and oxygen atoms in total. The predicted octanol–water partition coefficient (Wildman–Crippen LogP) is 9.72. The summed E-state index contributed by atoms with van der Waals surface area (Å²) in [5.74, 6) is 0. The van der Waals surface area contributed by atoms with Crippen molar-refractivity contribution >= 4 is 87.5 Å². The van der Waals surface area contributed by atoms with Crippen LogP contribution in [0.2, 0.25) is 0 Å². The van der Waals surface area contributed by atoms with Crippen molar-refractivity contribution in [1.82, 2.24) is 4.58 Å². The number of hydrogen-bond acceptors (Lipinski definition) is 3. The third-order valence-electron chi connectivity index (χ3n) is 8.71. The summed E-state index contributed by atoms with van der Waals surface area (Å²) in [5, 5.41) is 4.98. The van der Waals surface area contributed by atoms with Gasteiger partial charge < -0.3 is 9.32 Å². The number of anilines is 2. The average molecular weight is 530 g/mol. The van der Waals surface area contributed by atoms with Gasteiger partial charge in [-0.25, -0.2) is 0 Å². The van der Waals surface area contributed by atoms with Crippen molar-refractivity contribution in [2.24, 2.45) is 0 Å². The first-order valence-corrected chi connectivity index (χ1v) is 14.5. The number of rotatable bonds is 1. The molecule has 4 heterocycles. The van der Waals surface area contributed by atoms with Gasteiger partial charge in [0.05, 0.1) is 5.69 Å². The Morgan fingerprint density at radius 3 is 2.50 bits per heavy atom. The minimum atomic E-state index is 0.113. The Labute approximate surface area is 233 Å². The smallest absolute Gasteiger partial charge is 0.235 e. The van der Waals surface area contributed by atoms with Crippen molar-refractivity contribution in [3.63, 3.8) is 0 Å². The van der Waals surface area contributed by atoms with Crippen LogP contribution in [0.15, 0.2) is 126 Å². The Morgan fingerprint density at radius 1 is 0.700 bits per heavy atom. The van der Waals surface area contributed by atoms with Gasteiger partial charge in [0, 0.05) is 60.8 Å². The van der Waals surface area contributed by atoms with Crippen LogP contribution in [0, 0.1) is 0 Å². The fraction of sp³-hybridized carbons (Fsp3) is 0.0278. The van der Waals surface area contributed by atoms with Crippen molar-refractivity contribution in [2.45, 2.75) is 6.04 Å². The SMILES string of the molecule is C1=CC2=[N+](c3ccc4oc5ccccc5c4c3)c3ccccc3N3c4ccc5c(sc6ccccc65)c4C(=C1)C23. The first-order valence-electron chi connectivity index (χ1n) is 13.6. The average Bonchev–Trinajstić information content (AvgIpc) is 3.67. The van der Waals surface area contributed by atoms with E-state index in [9.17, 15) is 0 Å². The number of allylic oxidation sites excluding steroid dienone is 2. The van der Waals surface area contributed by atoms with Gasteiger partial charge in [-0.05, 0) is 35.9 Å². The zero-order valence-electron chi connectivity index (χ0n) is 21.3. The van der Waals surface area contributed by atoms with Crippen LogP contribution in [-0.2, 0) is 0 Å². The lowest BCUT2D eigenvalue weighted by Gasteiger charge is -2.32. The molecule has 0 fully saturated rings. The Kier molecular flexibility index (Phi) is 3.87. The van der Waals surface area contributed by atoms with E-state index in [1.165, 1.54) is 54.1 Å². The predicted molar refractivity (Wildman–Crippen MR) is 169 cm³/mol. The molecule has 2 aliphatic heterocycles. The quantitative estimate of drug-likeness (QED) is 0.197. The molecule has 0 radical (unpaired) electrons. The maximum atomic E-state index is 6.17. The van der Waals surface area contributed by atoms with Crippen LogP contribution < -0.4 is 9.48 Å². The van der Waals surface area contributed by atoms with Crippen molar-refractivity contribution in [1.29, 1.82) is 0 Å². The number of thiophene rings is 1. The molecule has 1 unspecified atom stereocenters. The summed E-state index contributed by atoms with van der Waals surface area (Å²) in [6.45, 7) is 0. The van der Waals surface area contributed by atoms with E-state index in [4.69, 9.17) is 4.42 Å². The molecule has 0 bridgehead atoms. The van der Waals surface area contributed by atoms with E-state index in [0.717, 1.165) is 27.6 Å². The minimum absolute atomic E-state index is 0.113. The summed E-state index contributed by atoms with van der Waals surface area (Å²) in [6, 6.07) is 37.3. The highest BCUT2D eigenvalue weighted by molar-refractivity contribution is 7.26. The van der Waals surface area contributed by atoms with E-state index in [1.807, 2.05) is 23.5 Å². The molecule has 0 saturated carbocycles. The van der Waals surface area contributed by atoms with Crippen LogP contribution in [0.1, 0.15) is 5.56 Å². The fourth-order valence-corrected chi connectivity index (χ4v) is 8.35. The van der Waals surface area contributed by atoms with Gasteiger partial charge in [0.25, 0.3) is 0 Å². The van der Waals surface area contributed by atoms with Crippen LogP contribution in [0.5, 0.6) is 0 Å². The summed E-state index contributed by atoms with van der Waals surface area (Å²) in [4.78, 5) is 2.56. The highest BCUT2D eigenvalue weighted by Gasteiger charge is 2.49. The van der Waals surface area contributed by atoms with Crippen LogP contribution in [0.3, 0.4) is 0 Å². The van der Waals surface area contributed by atoms with E-state index in [2.05, 4.69) is 119 Å². The first-order chi connectivity index (χ1) is 19.8. The number of benzene rings is 5. The molecular weight excluding hydrogens is 508 g/mol. The number of furan rings is 1. The molecule has 0 N–H and O–H groups in total. The van der Waals surface area contributed by atoms with Gasteiger partial charge in [0.15, 0.2) is 0 Å². The molecule has 5 aromatic carbocycles. The van der Waals surface area contributed by atoms with Gasteiger partial charge in [0.2, 0.25) is 17.1 Å². The summed E-state index contributed by atoms with van der Waals surface area (Å²) in [6.07, 6.45) is 6.85. The van der Waals surface area contributed by atoms with Crippen molar-refractivity contribution < 1.29 is 4.42 Å². The van der Waals surface area contributed by atoms with Crippen molar-refractivity contribution in [3.05, 3.63) is 127 Å². The van der Waals surface area contributed by atoms with Crippen molar-refractivity contribution in [2.75, 3.05) is 4.90 Å². The zero-order valence-corrected chi connectivity index (χ0v) is 22.2. The molecular formula is C36H21N2OS+. The maximum absolute atomic E-state index is 6.17. The normalized spacial score (nSPS) is 17.1. The highest BCUT2D eigenvalue weighted by Crippen LogP contribution is 2.55. The lowest BCUT2D eigenvalue weighted by molar-refractivity contribution is 0.669. The zero-order chi connectivity index (χ0) is 25.9. The molecule has 186 valence electrons. The minimum Gasteiger partial charge on any atom is -0.456 e. The molecule has 40 heavy (non-hydrogen) atoms. The molecule has 0 amide bonds. The molecule has 10 rings (SSSR count). The molecule has 1 atom stereocenters. The number of para-hydroxylation sites is 3. The Bertz CT molecular complexity index is 2350. The van der Waals surface area contributed by atoms with Crippen LogP contribution in [0.25, 0.3) is 47.7 Å². The van der Waals surface area contributed by atoms with E-state index < -0.39 is 0 Å². The maximum Gasteiger partial charge on any atom is 0.235 e. The second-order valence-electron chi connectivity index (χ2n) is 10.7. The second-order valence-corrected chi connectivity index (χ2v) is 11.8. The largest absolute Gasteiger partial charge is 0.456 e. The van der Waals surface area contributed by atoms with Gasteiger partial charge in [-0.15, -0.1) is 11.3 Å². The van der Waals surface area contributed by atoms with E-state index in [-0.39, 0.29) is 6.04 Å². The highest BCUT2D eigenvalue weighted by atomic mass is 32.1.